The first-order valence-corrected chi connectivity index (χ1v) is 4.02. The largest absolute Gasteiger partial charge is 0.145 e. The summed E-state index contributed by atoms with van der Waals surface area (Å²) in [4.78, 5) is 20.5. The highest BCUT2D eigenvalue weighted by molar-refractivity contribution is 5.32. The van der Waals surface area contributed by atoms with Crippen LogP contribution in [0.4, 0.5) is 0 Å². The zero-order valence-corrected chi connectivity index (χ0v) is 7.19. The van der Waals surface area contributed by atoms with Gasteiger partial charge < -0.3 is 0 Å². The molecule has 0 bridgehead atoms. The van der Waals surface area contributed by atoms with Crippen molar-refractivity contribution in [3.63, 3.8) is 0 Å². The molecule has 4 nitrogen and oxygen atoms in total. The summed E-state index contributed by atoms with van der Waals surface area (Å²) in [6, 6.07) is 0. The minimum atomic E-state index is 0.165. The standard InChI is InChI=1S/C9H10N2O2/c1-2-3-7-4-5-8(10-12)9(6-7)11-13/h2,6H,1,3-5H2. The van der Waals surface area contributed by atoms with Crippen molar-refractivity contribution in [1.29, 1.82) is 0 Å². The molecule has 0 radical (unpaired) electrons. The van der Waals surface area contributed by atoms with E-state index in [-0.39, 0.29) is 11.4 Å². The van der Waals surface area contributed by atoms with Crippen molar-refractivity contribution in [2.75, 3.05) is 0 Å². The zero-order chi connectivity index (χ0) is 9.68. The Bertz CT molecular complexity index is 303. The number of hydrogen-bond acceptors (Lipinski definition) is 4. The van der Waals surface area contributed by atoms with E-state index in [1.807, 2.05) is 0 Å². The van der Waals surface area contributed by atoms with Crippen molar-refractivity contribution >= 4 is 0 Å². The van der Waals surface area contributed by atoms with E-state index in [0.717, 1.165) is 18.4 Å². The SMILES string of the molecule is C=CCC1=CC(N=O)=C(N=O)CC1. The summed E-state index contributed by atoms with van der Waals surface area (Å²) >= 11 is 0. The Morgan fingerprint density at radius 3 is 2.69 bits per heavy atom. The highest BCUT2D eigenvalue weighted by Crippen LogP contribution is 2.27. The lowest BCUT2D eigenvalue weighted by Crippen LogP contribution is -1.95. The van der Waals surface area contributed by atoms with Crippen molar-refractivity contribution in [3.8, 4) is 0 Å². The molecule has 0 aliphatic heterocycles. The van der Waals surface area contributed by atoms with Crippen LogP contribution in [0.5, 0.6) is 0 Å². The van der Waals surface area contributed by atoms with Gasteiger partial charge in [-0.25, -0.2) is 0 Å². The third-order valence-electron chi connectivity index (χ3n) is 1.93. The number of nitrogens with zero attached hydrogens (tertiary/aromatic N) is 2. The van der Waals surface area contributed by atoms with Gasteiger partial charge in [-0.2, -0.15) is 0 Å². The molecular weight excluding hydrogens is 168 g/mol. The lowest BCUT2D eigenvalue weighted by molar-refractivity contribution is 0.845. The van der Waals surface area contributed by atoms with Gasteiger partial charge in [-0.05, 0) is 35.7 Å². The smallest absolute Gasteiger partial charge is 0.132 e. The summed E-state index contributed by atoms with van der Waals surface area (Å²) in [5.41, 5.74) is 1.48. The average Bonchev–Trinajstić information content (AvgIpc) is 2.18. The molecule has 0 N–H and O–H groups in total. The number of allylic oxidation sites excluding steroid dienone is 4. The minimum absolute atomic E-state index is 0.165. The van der Waals surface area contributed by atoms with Gasteiger partial charge in [0.05, 0.1) is 0 Å². The van der Waals surface area contributed by atoms with E-state index in [9.17, 15) is 9.81 Å². The number of rotatable bonds is 4. The zero-order valence-electron chi connectivity index (χ0n) is 7.19. The van der Waals surface area contributed by atoms with E-state index < -0.39 is 0 Å². The lowest BCUT2D eigenvalue weighted by atomic mass is 9.98. The number of hydrogen-bond donors (Lipinski definition) is 0. The Hall–Kier alpha value is -1.58. The van der Waals surface area contributed by atoms with E-state index >= 15 is 0 Å². The second kappa shape index (κ2) is 4.45. The highest BCUT2D eigenvalue weighted by Gasteiger charge is 2.13. The van der Waals surface area contributed by atoms with E-state index in [2.05, 4.69) is 16.9 Å². The molecule has 1 rings (SSSR count). The van der Waals surface area contributed by atoms with E-state index in [0.29, 0.717) is 6.42 Å². The Morgan fingerprint density at radius 1 is 1.38 bits per heavy atom. The van der Waals surface area contributed by atoms with Crippen LogP contribution in [-0.4, -0.2) is 0 Å². The Kier molecular flexibility index (Phi) is 3.25. The van der Waals surface area contributed by atoms with E-state index in [1.54, 1.807) is 12.2 Å². The van der Waals surface area contributed by atoms with Gasteiger partial charge in [0.15, 0.2) is 0 Å². The quantitative estimate of drug-likeness (QED) is 0.490. The number of nitroso groups, excluding NO2 is 2. The first kappa shape index (κ1) is 9.51. The Balaban J connectivity index is 2.92. The Labute approximate surface area is 76.0 Å². The van der Waals surface area contributed by atoms with Crippen LogP contribution in [0.1, 0.15) is 19.3 Å². The first-order valence-electron chi connectivity index (χ1n) is 4.02. The lowest BCUT2D eigenvalue weighted by Gasteiger charge is -2.10. The predicted molar refractivity (Wildman–Crippen MR) is 50.7 cm³/mol. The fourth-order valence-corrected chi connectivity index (χ4v) is 1.27. The maximum absolute atomic E-state index is 10.3. The van der Waals surface area contributed by atoms with Crippen LogP contribution in [-0.2, 0) is 0 Å². The molecule has 0 atom stereocenters. The monoisotopic (exact) mass is 178 g/mol. The summed E-state index contributed by atoms with van der Waals surface area (Å²) < 4.78 is 0. The molecule has 1 aliphatic rings. The molecule has 68 valence electrons. The van der Waals surface area contributed by atoms with Crippen molar-refractivity contribution in [2.45, 2.75) is 19.3 Å². The summed E-state index contributed by atoms with van der Waals surface area (Å²) in [6.07, 6.45) is 5.37. The molecule has 0 heterocycles. The highest BCUT2D eigenvalue weighted by atomic mass is 16.3. The molecule has 0 fully saturated rings. The third kappa shape index (κ3) is 2.18. The molecular formula is C9H10N2O2. The topological polar surface area (TPSA) is 58.9 Å². The van der Waals surface area contributed by atoms with Gasteiger partial charge in [0.2, 0.25) is 0 Å². The van der Waals surface area contributed by atoms with E-state index in [4.69, 9.17) is 0 Å². The molecule has 0 amide bonds. The normalized spacial score (nSPS) is 16.5. The van der Waals surface area contributed by atoms with Crippen molar-refractivity contribution in [1.82, 2.24) is 0 Å². The van der Waals surface area contributed by atoms with E-state index in [1.165, 1.54) is 0 Å². The van der Waals surface area contributed by atoms with Crippen LogP contribution < -0.4 is 0 Å². The fraction of sp³-hybridized carbons (Fsp3) is 0.333. The molecule has 0 aromatic rings. The van der Waals surface area contributed by atoms with Crippen molar-refractivity contribution in [3.05, 3.63) is 45.5 Å². The maximum atomic E-state index is 10.3. The average molecular weight is 178 g/mol. The molecule has 4 heteroatoms. The third-order valence-corrected chi connectivity index (χ3v) is 1.93. The van der Waals surface area contributed by atoms with Gasteiger partial charge >= 0.3 is 0 Å². The van der Waals surface area contributed by atoms with Crippen LogP contribution in [0.15, 0.2) is 46.1 Å². The summed E-state index contributed by atoms with van der Waals surface area (Å²) in [5, 5.41) is 5.52. The molecule has 0 aromatic heterocycles. The second-order valence-corrected chi connectivity index (χ2v) is 2.81. The summed E-state index contributed by atoms with van der Waals surface area (Å²) in [5.74, 6) is 0. The molecule has 0 spiro atoms. The predicted octanol–water partition coefficient (Wildman–Crippen LogP) is 3.03. The maximum Gasteiger partial charge on any atom is 0.132 e. The van der Waals surface area contributed by atoms with Gasteiger partial charge in [-0.1, -0.05) is 11.6 Å². The van der Waals surface area contributed by atoms with Crippen LogP contribution in [0.3, 0.4) is 0 Å². The van der Waals surface area contributed by atoms with Crippen molar-refractivity contribution < 1.29 is 0 Å². The molecule has 0 saturated carbocycles. The van der Waals surface area contributed by atoms with Gasteiger partial charge in [-0.15, -0.1) is 16.4 Å². The van der Waals surface area contributed by atoms with Gasteiger partial charge in [0, 0.05) is 0 Å². The van der Waals surface area contributed by atoms with Gasteiger partial charge in [0.25, 0.3) is 0 Å². The van der Waals surface area contributed by atoms with Gasteiger partial charge in [0.1, 0.15) is 11.4 Å². The van der Waals surface area contributed by atoms with Crippen LogP contribution in [0, 0.1) is 9.81 Å². The van der Waals surface area contributed by atoms with Gasteiger partial charge in [-0.3, -0.25) is 0 Å². The minimum Gasteiger partial charge on any atom is -0.145 e. The molecule has 0 unspecified atom stereocenters. The van der Waals surface area contributed by atoms with Crippen LogP contribution >= 0.6 is 0 Å². The van der Waals surface area contributed by atoms with Crippen LogP contribution in [0.2, 0.25) is 0 Å². The fourth-order valence-electron chi connectivity index (χ4n) is 1.27. The molecule has 0 aromatic carbocycles. The summed E-state index contributed by atoms with van der Waals surface area (Å²) in [7, 11) is 0. The summed E-state index contributed by atoms with van der Waals surface area (Å²) in [6.45, 7) is 3.59. The van der Waals surface area contributed by atoms with Crippen molar-refractivity contribution in [2.24, 2.45) is 10.4 Å². The molecule has 1 aliphatic carbocycles. The molecule has 0 saturated heterocycles. The second-order valence-electron chi connectivity index (χ2n) is 2.81. The van der Waals surface area contributed by atoms with Crippen LogP contribution in [0.25, 0.3) is 0 Å². The first-order chi connectivity index (χ1) is 6.31. The Morgan fingerprint density at radius 2 is 2.15 bits per heavy atom. The molecule has 13 heavy (non-hydrogen) atoms.